The monoisotopic (exact) mass is 286 g/mol. The summed E-state index contributed by atoms with van der Waals surface area (Å²) < 4.78 is 6.71. The maximum atomic E-state index is 12.7. The molecule has 3 rings (SSSR count). The lowest BCUT2D eigenvalue weighted by atomic mass is 10.2. The number of benzene rings is 1. The molecule has 0 saturated carbocycles. The first-order valence-corrected chi connectivity index (χ1v) is 6.33. The van der Waals surface area contributed by atoms with Crippen molar-refractivity contribution in [1.29, 1.82) is 0 Å². The fraction of sp³-hybridized carbons (Fsp3) is 0.231. The van der Waals surface area contributed by atoms with Gasteiger partial charge in [0, 0.05) is 0 Å². The van der Waals surface area contributed by atoms with Crippen LogP contribution in [0, 0.1) is 0 Å². The Hall–Kier alpha value is -2.90. The molecule has 3 N–H and O–H groups in total. The topological polar surface area (TPSA) is 112 Å². The van der Waals surface area contributed by atoms with Gasteiger partial charge in [-0.25, -0.2) is 4.98 Å². The van der Waals surface area contributed by atoms with Gasteiger partial charge >= 0.3 is 0 Å². The van der Waals surface area contributed by atoms with Gasteiger partial charge in [0.2, 0.25) is 5.95 Å². The molecular formula is C13H14N6O2. The number of fused-ring (bicyclic) bond motifs is 1. The van der Waals surface area contributed by atoms with Crippen molar-refractivity contribution in [2.24, 2.45) is 0 Å². The number of nitrogen functional groups attached to an aromatic ring is 1. The van der Waals surface area contributed by atoms with Crippen LogP contribution < -0.4 is 16.0 Å². The van der Waals surface area contributed by atoms with E-state index >= 15 is 0 Å². The number of ether oxygens (including phenoxy) is 1. The zero-order chi connectivity index (χ0) is 15.0. The van der Waals surface area contributed by atoms with E-state index in [0.29, 0.717) is 22.5 Å². The highest BCUT2D eigenvalue weighted by Gasteiger charge is 2.17. The molecular weight excluding hydrogens is 272 g/mol. The Morgan fingerprint density at radius 1 is 1.43 bits per heavy atom. The van der Waals surface area contributed by atoms with Crippen LogP contribution in [0.15, 0.2) is 29.3 Å². The fourth-order valence-corrected chi connectivity index (χ4v) is 2.20. The van der Waals surface area contributed by atoms with E-state index in [9.17, 15) is 4.79 Å². The molecule has 2 aromatic heterocycles. The molecule has 3 aromatic rings. The molecule has 0 amide bonds. The highest BCUT2D eigenvalue weighted by molar-refractivity contribution is 5.83. The van der Waals surface area contributed by atoms with Crippen molar-refractivity contribution < 1.29 is 4.74 Å². The lowest BCUT2D eigenvalue weighted by Crippen LogP contribution is -2.25. The first-order chi connectivity index (χ1) is 10.1. The third kappa shape index (κ3) is 2.10. The summed E-state index contributed by atoms with van der Waals surface area (Å²) in [6.45, 7) is 1.81. The van der Waals surface area contributed by atoms with Gasteiger partial charge in [-0.1, -0.05) is 6.07 Å². The minimum atomic E-state index is -0.371. The average Bonchev–Trinajstić information content (AvgIpc) is 2.93. The molecule has 0 radical (unpaired) electrons. The smallest absolute Gasteiger partial charge is 0.265 e. The molecule has 0 fully saturated rings. The number of rotatable bonds is 3. The second-order valence-electron chi connectivity index (χ2n) is 4.57. The van der Waals surface area contributed by atoms with Gasteiger partial charge < -0.3 is 10.5 Å². The minimum absolute atomic E-state index is 0.135. The lowest BCUT2D eigenvalue weighted by Gasteiger charge is -2.13. The standard InChI is InChI=1S/C13H14N6O2/c1-7(11-16-13(14)18-17-11)19-6-15-8-4-3-5-9(21-2)10(8)12(19)20/h3-7H,1-2H3,(H3,14,16,17,18)/t7-/m0/s1. The molecule has 1 aromatic carbocycles. The molecule has 21 heavy (non-hydrogen) atoms. The van der Waals surface area contributed by atoms with Gasteiger partial charge in [-0.3, -0.25) is 14.5 Å². The number of anilines is 1. The molecule has 108 valence electrons. The van der Waals surface area contributed by atoms with E-state index in [1.54, 1.807) is 18.2 Å². The molecule has 0 unspecified atom stereocenters. The fourth-order valence-electron chi connectivity index (χ4n) is 2.20. The zero-order valence-corrected chi connectivity index (χ0v) is 11.6. The summed E-state index contributed by atoms with van der Waals surface area (Å²) in [5.74, 6) is 1.12. The molecule has 8 heteroatoms. The number of aromatic amines is 1. The molecule has 0 spiro atoms. The Kier molecular flexibility index (Phi) is 3.05. The minimum Gasteiger partial charge on any atom is -0.496 e. The predicted octanol–water partition coefficient (Wildman–Crippen LogP) is 0.715. The SMILES string of the molecule is COc1cccc2ncn([C@@H](C)c3nc(N)n[nH]3)c(=O)c12. The quantitative estimate of drug-likeness (QED) is 0.733. The van der Waals surface area contributed by atoms with Gasteiger partial charge in [-0.15, -0.1) is 5.10 Å². The number of aromatic nitrogens is 5. The highest BCUT2D eigenvalue weighted by Crippen LogP contribution is 2.21. The zero-order valence-electron chi connectivity index (χ0n) is 11.6. The van der Waals surface area contributed by atoms with E-state index < -0.39 is 0 Å². The van der Waals surface area contributed by atoms with E-state index in [1.807, 2.05) is 6.92 Å². The molecule has 0 saturated heterocycles. The molecule has 0 aliphatic carbocycles. The van der Waals surface area contributed by atoms with Crippen molar-refractivity contribution in [3.63, 3.8) is 0 Å². The summed E-state index contributed by atoms with van der Waals surface area (Å²) >= 11 is 0. The molecule has 8 nitrogen and oxygen atoms in total. The summed E-state index contributed by atoms with van der Waals surface area (Å²) in [4.78, 5) is 21.0. The lowest BCUT2D eigenvalue weighted by molar-refractivity contribution is 0.418. The number of H-pyrrole nitrogens is 1. The second-order valence-corrected chi connectivity index (χ2v) is 4.57. The Morgan fingerprint density at radius 2 is 2.24 bits per heavy atom. The van der Waals surface area contributed by atoms with Crippen LogP contribution in [0.25, 0.3) is 10.9 Å². The number of nitrogens with two attached hydrogens (primary N) is 1. The number of nitrogens with one attached hydrogen (secondary N) is 1. The molecule has 2 heterocycles. The highest BCUT2D eigenvalue weighted by atomic mass is 16.5. The molecule has 0 bridgehead atoms. The van der Waals surface area contributed by atoms with Crippen LogP contribution in [0.2, 0.25) is 0 Å². The third-order valence-corrected chi connectivity index (χ3v) is 3.33. The van der Waals surface area contributed by atoms with Gasteiger partial charge in [0.25, 0.3) is 5.56 Å². The van der Waals surface area contributed by atoms with Crippen LogP contribution in [0.4, 0.5) is 5.95 Å². The van der Waals surface area contributed by atoms with Crippen molar-refractivity contribution in [1.82, 2.24) is 24.7 Å². The summed E-state index contributed by atoms with van der Waals surface area (Å²) in [6.07, 6.45) is 1.48. The molecule has 1 atom stereocenters. The van der Waals surface area contributed by atoms with Crippen molar-refractivity contribution in [3.05, 3.63) is 40.7 Å². The van der Waals surface area contributed by atoms with Crippen LogP contribution in [0.1, 0.15) is 18.8 Å². The van der Waals surface area contributed by atoms with Crippen LogP contribution >= 0.6 is 0 Å². The number of nitrogens with zero attached hydrogens (tertiary/aromatic N) is 4. The van der Waals surface area contributed by atoms with Crippen LogP contribution in [0.3, 0.4) is 0 Å². The van der Waals surface area contributed by atoms with E-state index in [0.717, 1.165) is 0 Å². The van der Waals surface area contributed by atoms with Gasteiger partial charge in [-0.05, 0) is 19.1 Å². The van der Waals surface area contributed by atoms with Crippen LogP contribution in [-0.2, 0) is 0 Å². The summed E-state index contributed by atoms with van der Waals surface area (Å²) in [7, 11) is 1.52. The van der Waals surface area contributed by atoms with Crippen LogP contribution in [-0.4, -0.2) is 31.8 Å². The van der Waals surface area contributed by atoms with E-state index in [1.165, 1.54) is 18.0 Å². The summed E-state index contributed by atoms with van der Waals surface area (Å²) in [6, 6.07) is 4.91. The Balaban J connectivity index is 2.20. The van der Waals surface area contributed by atoms with Gasteiger partial charge in [-0.2, -0.15) is 4.98 Å². The van der Waals surface area contributed by atoms with Crippen molar-refractivity contribution in [3.8, 4) is 5.75 Å². The maximum Gasteiger partial charge on any atom is 0.265 e. The summed E-state index contributed by atoms with van der Waals surface area (Å²) in [5.41, 5.74) is 5.87. The van der Waals surface area contributed by atoms with E-state index in [4.69, 9.17) is 10.5 Å². The Labute approximate surface area is 119 Å². The summed E-state index contributed by atoms with van der Waals surface area (Å²) in [5, 5.41) is 6.91. The van der Waals surface area contributed by atoms with Gasteiger partial charge in [0.1, 0.15) is 17.0 Å². The number of hydrogen-bond acceptors (Lipinski definition) is 6. The molecule has 0 aliphatic rings. The van der Waals surface area contributed by atoms with Crippen molar-refractivity contribution in [2.75, 3.05) is 12.8 Å². The number of hydrogen-bond donors (Lipinski definition) is 2. The van der Waals surface area contributed by atoms with E-state index in [-0.39, 0.29) is 17.5 Å². The van der Waals surface area contributed by atoms with Gasteiger partial charge in [0.15, 0.2) is 0 Å². The Bertz CT molecular complexity index is 853. The maximum absolute atomic E-state index is 12.7. The van der Waals surface area contributed by atoms with E-state index in [2.05, 4.69) is 20.2 Å². The molecule has 0 aliphatic heterocycles. The first-order valence-electron chi connectivity index (χ1n) is 6.33. The van der Waals surface area contributed by atoms with Gasteiger partial charge in [0.05, 0.1) is 25.0 Å². The second kappa shape index (κ2) is 4.89. The third-order valence-electron chi connectivity index (χ3n) is 3.33. The van der Waals surface area contributed by atoms with Crippen molar-refractivity contribution >= 4 is 16.9 Å². The normalized spacial score (nSPS) is 12.5. The largest absolute Gasteiger partial charge is 0.496 e. The predicted molar refractivity (Wildman–Crippen MR) is 77.2 cm³/mol. The first kappa shape index (κ1) is 13.1. The number of methoxy groups -OCH3 is 1. The Morgan fingerprint density at radius 3 is 2.90 bits per heavy atom. The van der Waals surface area contributed by atoms with Crippen molar-refractivity contribution in [2.45, 2.75) is 13.0 Å². The van der Waals surface area contributed by atoms with Crippen LogP contribution in [0.5, 0.6) is 5.75 Å². The average molecular weight is 286 g/mol.